The molecule has 80 valence electrons. The predicted octanol–water partition coefficient (Wildman–Crippen LogP) is 1.46. The smallest absolute Gasteiger partial charge is 0.307 e. The summed E-state index contributed by atoms with van der Waals surface area (Å²) >= 11 is 0. The van der Waals surface area contributed by atoms with Gasteiger partial charge >= 0.3 is 5.97 Å². The second-order valence-corrected chi connectivity index (χ2v) is 3.95. The van der Waals surface area contributed by atoms with Gasteiger partial charge in [0.2, 0.25) is 0 Å². The standard InChI is InChI=1S/C12H15NO2/c14-12(15)10-6-7-13-8-11(10)9-4-2-1-3-5-9/h1-5,10-11,13H,6-8H2,(H,14,15)/t10-,11-/m0/s1. The Labute approximate surface area is 89.1 Å². The third-order valence-corrected chi connectivity index (χ3v) is 3.03. The monoisotopic (exact) mass is 205 g/mol. The summed E-state index contributed by atoms with van der Waals surface area (Å²) in [6, 6.07) is 9.89. The fourth-order valence-electron chi connectivity index (χ4n) is 2.20. The predicted molar refractivity (Wildman–Crippen MR) is 57.8 cm³/mol. The van der Waals surface area contributed by atoms with Gasteiger partial charge in [-0.25, -0.2) is 0 Å². The maximum atomic E-state index is 11.1. The van der Waals surface area contributed by atoms with Crippen LogP contribution in [0.4, 0.5) is 0 Å². The first-order chi connectivity index (χ1) is 7.29. The van der Waals surface area contributed by atoms with Crippen LogP contribution in [0, 0.1) is 5.92 Å². The van der Waals surface area contributed by atoms with E-state index < -0.39 is 5.97 Å². The van der Waals surface area contributed by atoms with Crippen molar-refractivity contribution in [3.8, 4) is 0 Å². The summed E-state index contributed by atoms with van der Waals surface area (Å²) in [5.74, 6) is -0.809. The Balaban J connectivity index is 2.22. The Morgan fingerprint density at radius 2 is 2.07 bits per heavy atom. The van der Waals surface area contributed by atoms with Crippen molar-refractivity contribution in [1.82, 2.24) is 5.32 Å². The number of aliphatic carboxylic acids is 1. The zero-order chi connectivity index (χ0) is 10.7. The molecule has 1 aliphatic heterocycles. The van der Waals surface area contributed by atoms with Crippen LogP contribution < -0.4 is 5.32 Å². The molecule has 15 heavy (non-hydrogen) atoms. The molecule has 1 saturated heterocycles. The molecule has 0 aromatic heterocycles. The summed E-state index contributed by atoms with van der Waals surface area (Å²) in [7, 11) is 0. The SMILES string of the molecule is O=C(O)[C@H]1CCNC[C@H]1c1ccccc1. The van der Waals surface area contributed by atoms with Crippen molar-refractivity contribution < 1.29 is 9.90 Å². The topological polar surface area (TPSA) is 49.3 Å². The van der Waals surface area contributed by atoms with Crippen LogP contribution in [0.3, 0.4) is 0 Å². The van der Waals surface area contributed by atoms with E-state index in [4.69, 9.17) is 5.11 Å². The van der Waals surface area contributed by atoms with E-state index in [2.05, 4.69) is 5.32 Å². The highest BCUT2D eigenvalue weighted by Gasteiger charge is 2.31. The lowest BCUT2D eigenvalue weighted by atomic mass is 9.81. The minimum absolute atomic E-state index is 0.109. The number of carboxylic acid groups (broad SMARTS) is 1. The van der Waals surface area contributed by atoms with Crippen LogP contribution in [-0.2, 0) is 4.79 Å². The van der Waals surface area contributed by atoms with Gasteiger partial charge in [-0.1, -0.05) is 30.3 Å². The van der Waals surface area contributed by atoms with Gasteiger partial charge in [0.15, 0.2) is 0 Å². The van der Waals surface area contributed by atoms with E-state index in [-0.39, 0.29) is 11.8 Å². The number of hydrogen-bond acceptors (Lipinski definition) is 2. The van der Waals surface area contributed by atoms with Crippen LogP contribution in [0.25, 0.3) is 0 Å². The maximum absolute atomic E-state index is 11.1. The van der Waals surface area contributed by atoms with Crippen LogP contribution in [0.5, 0.6) is 0 Å². The van der Waals surface area contributed by atoms with Crippen molar-refractivity contribution in [3.05, 3.63) is 35.9 Å². The summed E-state index contributed by atoms with van der Waals surface area (Å²) in [6.45, 7) is 1.57. The molecule has 1 aromatic rings. The largest absolute Gasteiger partial charge is 0.481 e. The lowest BCUT2D eigenvalue weighted by molar-refractivity contribution is -0.143. The lowest BCUT2D eigenvalue weighted by Gasteiger charge is -2.29. The van der Waals surface area contributed by atoms with E-state index in [1.165, 1.54) is 0 Å². The molecule has 1 aliphatic rings. The third-order valence-electron chi connectivity index (χ3n) is 3.03. The number of carboxylic acids is 1. The molecule has 0 spiro atoms. The summed E-state index contributed by atoms with van der Waals surface area (Å²) in [5, 5.41) is 12.4. The Morgan fingerprint density at radius 3 is 2.73 bits per heavy atom. The van der Waals surface area contributed by atoms with Gasteiger partial charge in [-0.15, -0.1) is 0 Å². The van der Waals surface area contributed by atoms with Crippen molar-refractivity contribution in [2.24, 2.45) is 5.92 Å². The van der Waals surface area contributed by atoms with E-state index in [9.17, 15) is 4.79 Å². The van der Waals surface area contributed by atoms with Gasteiger partial charge in [0.25, 0.3) is 0 Å². The third kappa shape index (κ3) is 2.18. The molecule has 2 N–H and O–H groups in total. The van der Waals surface area contributed by atoms with E-state index in [0.717, 1.165) is 25.1 Å². The fraction of sp³-hybridized carbons (Fsp3) is 0.417. The number of rotatable bonds is 2. The van der Waals surface area contributed by atoms with Crippen LogP contribution in [0.2, 0.25) is 0 Å². The number of benzene rings is 1. The van der Waals surface area contributed by atoms with Crippen LogP contribution in [-0.4, -0.2) is 24.2 Å². The average Bonchev–Trinajstić information content (AvgIpc) is 2.30. The summed E-state index contributed by atoms with van der Waals surface area (Å²) in [5.41, 5.74) is 1.12. The van der Waals surface area contributed by atoms with Crippen molar-refractivity contribution in [3.63, 3.8) is 0 Å². The lowest BCUT2D eigenvalue weighted by Crippen LogP contribution is -2.38. The van der Waals surface area contributed by atoms with Crippen LogP contribution in [0.15, 0.2) is 30.3 Å². The molecule has 1 fully saturated rings. The Kier molecular flexibility index (Phi) is 3.02. The van der Waals surface area contributed by atoms with Gasteiger partial charge in [-0.3, -0.25) is 4.79 Å². The van der Waals surface area contributed by atoms with Crippen molar-refractivity contribution in [1.29, 1.82) is 0 Å². The van der Waals surface area contributed by atoms with Crippen molar-refractivity contribution >= 4 is 5.97 Å². The van der Waals surface area contributed by atoms with Gasteiger partial charge in [-0.05, 0) is 18.5 Å². The molecule has 0 amide bonds. The normalized spacial score (nSPS) is 26.1. The fourth-order valence-corrected chi connectivity index (χ4v) is 2.20. The van der Waals surface area contributed by atoms with E-state index >= 15 is 0 Å². The molecule has 3 heteroatoms. The highest BCUT2D eigenvalue weighted by Crippen LogP contribution is 2.29. The van der Waals surface area contributed by atoms with E-state index in [1.807, 2.05) is 30.3 Å². The summed E-state index contributed by atoms with van der Waals surface area (Å²) < 4.78 is 0. The number of nitrogens with one attached hydrogen (secondary N) is 1. The first kappa shape index (κ1) is 10.2. The molecule has 0 saturated carbocycles. The molecule has 0 aliphatic carbocycles. The van der Waals surface area contributed by atoms with E-state index in [0.29, 0.717) is 0 Å². The zero-order valence-electron chi connectivity index (χ0n) is 8.52. The molecule has 1 heterocycles. The summed E-state index contributed by atoms with van der Waals surface area (Å²) in [6.07, 6.45) is 0.717. The van der Waals surface area contributed by atoms with Crippen molar-refractivity contribution in [2.45, 2.75) is 12.3 Å². The molecule has 1 aromatic carbocycles. The summed E-state index contributed by atoms with van der Waals surface area (Å²) in [4.78, 5) is 11.1. The molecule has 0 radical (unpaired) electrons. The van der Waals surface area contributed by atoms with Crippen LogP contribution >= 0.6 is 0 Å². The van der Waals surface area contributed by atoms with Crippen molar-refractivity contribution in [2.75, 3.05) is 13.1 Å². The van der Waals surface area contributed by atoms with Gasteiger partial charge in [0, 0.05) is 12.5 Å². The molecular formula is C12H15NO2. The maximum Gasteiger partial charge on any atom is 0.307 e. The quantitative estimate of drug-likeness (QED) is 0.768. The molecular weight excluding hydrogens is 190 g/mol. The zero-order valence-corrected chi connectivity index (χ0v) is 8.52. The minimum Gasteiger partial charge on any atom is -0.481 e. The van der Waals surface area contributed by atoms with E-state index in [1.54, 1.807) is 0 Å². The van der Waals surface area contributed by atoms with Crippen LogP contribution in [0.1, 0.15) is 17.9 Å². The minimum atomic E-state index is -0.676. The Morgan fingerprint density at radius 1 is 1.33 bits per heavy atom. The molecule has 0 unspecified atom stereocenters. The highest BCUT2D eigenvalue weighted by atomic mass is 16.4. The molecule has 0 bridgehead atoms. The Bertz CT molecular complexity index is 337. The second kappa shape index (κ2) is 4.45. The average molecular weight is 205 g/mol. The van der Waals surface area contributed by atoms with Gasteiger partial charge in [0.1, 0.15) is 0 Å². The molecule has 2 rings (SSSR count). The Hall–Kier alpha value is -1.35. The molecule has 3 nitrogen and oxygen atoms in total. The highest BCUT2D eigenvalue weighted by molar-refractivity contribution is 5.71. The first-order valence-electron chi connectivity index (χ1n) is 5.27. The van der Waals surface area contributed by atoms with Gasteiger partial charge < -0.3 is 10.4 Å². The second-order valence-electron chi connectivity index (χ2n) is 3.95. The molecule has 2 atom stereocenters. The number of carbonyl (C=O) groups is 1. The van der Waals surface area contributed by atoms with Gasteiger partial charge in [-0.2, -0.15) is 0 Å². The number of hydrogen-bond donors (Lipinski definition) is 2. The number of piperidine rings is 1. The first-order valence-corrected chi connectivity index (χ1v) is 5.27. The van der Waals surface area contributed by atoms with Gasteiger partial charge in [0.05, 0.1) is 5.92 Å².